The molecule has 90 valence electrons. The predicted octanol–water partition coefficient (Wildman–Crippen LogP) is 2.83. The Morgan fingerprint density at radius 3 is 2.41 bits per heavy atom. The lowest BCUT2D eigenvalue weighted by Crippen LogP contribution is -2.06. The second-order valence-corrected chi connectivity index (χ2v) is 3.65. The molecule has 0 spiro atoms. The van der Waals surface area contributed by atoms with E-state index in [0.717, 1.165) is 5.56 Å². The third-order valence-corrected chi connectivity index (χ3v) is 1.98. The van der Waals surface area contributed by atoms with Gasteiger partial charge in [-0.1, -0.05) is 17.9 Å². The third-order valence-electron chi connectivity index (χ3n) is 1.98. The molecule has 0 atom stereocenters. The van der Waals surface area contributed by atoms with Crippen LogP contribution >= 0.6 is 0 Å². The maximum atomic E-state index is 10.9. The number of rotatable bonds is 2. The Kier molecular flexibility index (Phi) is 5.09. The average Bonchev–Trinajstić information content (AvgIpc) is 2.23. The van der Waals surface area contributed by atoms with Gasteiger partial charge >= 0.3 is 6.16 Å². The lowest BCUT2D eigenvalue weighted by molar-refractivity contribution is 0.0687. The molecular formula is C14H16O3. The highest BCUT2D eigenvalue weighted by Gasteiger charge is 1.98. The van der Waals surface area contributed by atoms with E-state index in [1.165, 1.54) is 11.1 Å². The summed E-state index contributed by atoms with van der Waals surface area (Å²) in [5.41, 5.74) is 3.26. The molecule has 0 heterocycles. The van der Waals surface area contributed by atoms with Crippen LogP contribution in [-0.4, -0.2) is 19.4 Å². The lowest BCUT2D eigenvalue weighted by Gasteiger charge is -1.99. The fraction of sp³-hybridized carbons (Fsp3) is 0.357. The average molecular weight is 232 g/mol. The van der Waals surface area contributed by atoms with Gasteiger partial charge in [-0.05, 0) is 44.0 Å². The molecule has 0 aliphatic rings. The summed E-state index contributed by atoms with van der Waals surface area (Å²) in [5, 5.41) is 0. The van der Waals surface area contributed by atoms with Crippen LogP contribution in [0.5, 0.6) is 0 Å². The zero-order chi connectivity index (χ0) is 12.7. The van der Waals surface area contributed by atoms with Crippen molar-refractivity contribution in [3.8, 4) is 11.8 Å². The van der Waals surface area contributed by atoms with E-state index in [1.807, 2.05) is 26.0 Å². The van der Waals surface area contributed by atoms with Gasteiger partial charge in [0.1, 0.15) is 0 Å². The topological polar surface area (TPSA) is 35.5 Å². The molecule has 0 saturated carbocycles. The summed E-state index contributed by atoms with van der Waals surface area (Å²) < 4.78 is 9.33. The third kappa shape index (κ3) is 5.07. The number of aryl methyl sites for hydroxylation is 2. The monoisotopic (exact) mass is 232 g/mol. The van der Waals surface area contributed by atoms with E-state index in [0.29, 0.717) is 6.61 Å². The van der Waals surface area contributed by atoms with Crippen molar-refractivity contribution in [1.82, 2.24) is 0 Å². The minimum absolute atomic E-state index is 0.0474. The molecule has 3 heteroatoms. The first-order chi connectivity index (χ1) is 8.11. The largest absolute Gasteiger partial charge is 0.509 e. The number of hydrogen-bond acceptors (Lipinski definition) is 3. The molecule has 0 aliphatic carbocycles. The molecule has 0 fully saturated rings. The van der Waals surface area contributed by atoms with Crippen molar-refractivity contribution < 1.29 is 14.3 Å². The molecule has 0 bridgehead atoms. The molecule has 1 aromatic carbocycles. The van der Waals surface area contributed by atoms with E-state index >= 15 is 0 Å². The molecule has 17 heavy (non-hydrogen) atoms. The summed E-state index contributed by atoms with van der Waals surface area (Å²) in [6.07, 6.45) is -0.678. The molecule has 0 aliphatic heterocycles. The van der Waals surface area contributed by atoms with Gasteiger partial charge in [-0.15, -0.1) is 0 Å². The number of carbonyl (C=O) groups is 1. The fourth-order valence-corrected chi connectivity index (χ4v) is 1.44. The summed E-state index contributed by atoms with van der Waals surface area (Å²) in [7, 11) is 0. The summed E-state index contributed by atoms with van der Waals surface area (Å²) in [5.74, 6) is 5.71. The van der Waals surface area contributed by atoms with Crippen LogP contribution in [-0.2, 0) is 9.47 Å². The Morgan fingerprint density at radius 1 is 1.18 bits per heavy atom. The Hall–Kier alpha value is -1.95. The second kappa shape index (κ2) is 6.59. The van der Waals surface area contributed by atoms with Gasteiger partial charge in [0.05, 0.1) is 6.61 Å². The van der Waals surface area contributed by atoms with Crippen LogP contribution in [0.2, 0.25) is 0 Å². The molecule has 1 rings (SSSR count). The van der Waals surface area contributed by atoms with Crippen molar-refractivity contribution in [2.75, 3.05) is 13.2 Å². The van der Waals surface area contributed by atoms with Gasteiger partial charge in [-0.25, -0.2) is 4.79 Å². The summed E-state index contributed by atoms with van der Waals surface area (Å²) in [6, 6.07) is 6.06. The summed E-state index contributed by atoms with van der Waals surface area (Å²) in [6.45, 7) is 6.12. The molecule has 0 amide bonds. The van der Waals surface area contributed by atoms with E-state index in [2.05, 4.69) is 22.6 Å². The van der Waals surface area contributed by atoms with Crippen LogP contribution < -0.4 is 0 Å². The minimum Gasteiger partial charge on any atom is -0.435 e. The quantitative estimate of drug-likeness (QED) is 0.581. The van der Waals surface area contributed by atoms with Crippen molar-refractivity contribution in [1.29, 1.82) is 0 Å². The van der Waals surface area contributed by atoms with Crippen molar-refractivity contribution >= 4 is 6.16 Å². The van der Waals surface area contributed by atoms with Crippen LogP contribution in [0.1, 0.15) is 23.6 Å². The van der Waals surface area contributed by atoms with Gasteiger partial charge in [-0.3, -0.25) is 0 Å². The van der Waals surface area contributed by atoms with Gasteiger partial charge in [0, 0.05) is 5.56 Å². The molecule has 3 nitrogen and oxygen atoms in total. The molecule has 0 unspecified atom stereocenters. The summed E-state index contributed by atoms with van der Waals surface area (Å²) in [4.78, 5) is 10.9. The first kappa shape index (κ1) is 13.1. The molecule has 1 aromatic rings. The minimum atomic E-state index is -0.678. The standard InChI is InChI=1S/C14H16O3/c1-4-16-14(15)17-7-5-6-13-9-11(2)8-12(3)10-13/h8-10H,4,7H2,1-3H3. The maximum Gasteiger partial charge on any atom is 0.509 e. The second-order valence-electron chi connectivity index (χ2n) is 3.65. The van der Waals surface area contributed by atoms with Crippen molar-refractivity contribution in [3.05, 3.63) is 34.9 Å². The van der Waals surface area contributed by atoms with Crippen LogP contribution in [0.25, 0.3) is 0 Å². The highest BCUT2D eigenvalue weighted by atomic mass is 16.7. The van der Waals surface area contributed by atoms with E-state index in [4.69, 9.17) is 4.74 Å². The first-order valence-corrected chi connectivity index (χ1v) is 5.48. The Labute approximate surface area is 102 Å². The Bertz CT molecular complexity index is 432. The van der Waals surface area contributed by atoms with E-state index in [1.54, 1.807) is 6.92 Å². The fourth-order valence-electron chi connectivity index (χ4n) is 1.44. The molecule has 0 aromatic heterocycles. The highest BCUT2D eigenvalue weighted by Crippen LogP contribution is 2.07. The van der Waals surface area contributed by atoms with E-state index in [-0.39, 0.29) is 6.61 Å². The smallest absolute Gasteiger partial charge is 0.435 e. The zero-order valence-electron chi connectivity index (χ0n) is 10.4. The Balaban J connectivity index is 2.51. The van der Waals surface area contributed by atoms with Crippen molar-refractivity contribution in [3.63, 3.8) is 0 Å². The van der Waals surface area contributed by atoms with Gasteiger partial charge in [0.15, 0.2) is 6.61 Å². The number of carbonyl (C=O) groups excluding carboxylic acids is 1. The van der Waals surface area contributed by atoms with E-state index in [9.17, 15) is 4.79 Å². The molecule has 0 radical (unpaired) electrons. The summed E-state index contributed by atoms with van der Waals surface area (Å²) >= 11 is 0. The van der Waals surface area contributed by atoms with Gasteiger partial charge in [-0.2, -0.15) is 0 Å². The van der Waals surface area contributed by atoms with E-state index < -0.39 is 6.16 Å². The molecule has 0 saturated heterocycles. The maximum absolute atomic E-state index is 10.9. The van der Waals surface area contributed by atoms with Gasteiger partial charge in [0.2, 0.25) is 0 Å². The molecular weight excluding hydrogens is 216 g/mol. The predicted molar refractivity (Wildman–Crippen MR) is 65.8 cm³/mol. The highest BCUT2D eigenvalue weighted by molar-refractivity contribution is 5.60. The first-order valence-electron chi connectivity index (χ1n) is 5.48. The van der Waals surface area contributed by atoms with Crippen LogP contribution in [0.15, 0.2) is 18.2 Å². The zero-order valence-corrected chi connectivity index (χ0v) is 10.4. The van der Waals surface area contributed by atoms with Crippen molar-refractivity contribution in [2.24, 2.45) is 0 Å². The van der Waals surface area contributed by atoms with Crippen LogP contribution in [0.3, 0.4) is 0 Å². The Morgan fingerprint density at radius 2 is 1.82 bits per heavy atom. The number of benzene rings is 1. The van der Waals surface area contributed by atoms with Gasteiger partial charge < -0.3 is 9.47 Å². The number of ether oxygens (including phenoxy) is 2. The van der Waals surface area contributed by atoms with Crippen LogP contribution in [0.4, 0.5) is 4.79 Å². The SMILES string of the molecule is CCOC(=O)OCC#Cc1cc(C)cc(C)c1. The lowest BCUT2D eigenvalue weighted by atomic mass is 10.1. The molecule has 0 N–H and O–H groups in total. The van der Waals surface area contributed by atoms with Crippen molar-refractivity contribution in [2.45, 2.75) is 20.8 Å². The number of hydrogen-bond donors (Lipinski definition) is 0. The van der Waals surface area contributed by atoms with Gasteiger partial charge in [0.25, 0.3) is 0 Å². The van der Waals surface area contributed by atoms with Crippen LogP contribution in [0, 0.1) is 25.7 Å². The normalized spacial score (nSPS) is 9.12.